The molecule has 1 aromatic carbocycles. The van der Waals surface area contributed by atoms with E-state index in [9.17, 15) is 14.4 Å². The Morgan fingerprint density at radius 1 is 1.26 bits per heavy atom. The van der Waals surface area contributed by atoms with Gasteiger partial charge in [0, 0.05) is 25.2 Å². The summed E-state index contributed by atoms with van der Waals surface area (Å²) in [5.41, 5.74) is 0.514. The summed E-state index contributed by atoms with van der Waals surface area (Å²) >= 11 is 0. The van der Waals surface area contributed by atoms with Gasteiger partial charge in [-0.05, 0) is 19.1 Å². The molecule has 2 amide bonds. The summed E-state index contributed by atoms with van der Waals surface area (Å²) in [5, 5.41) is 5.11. The topological polar surface area (TPSA) is 103 Å². The molecule has 2 rings (SSSR count). The zero-order valence-electron chi connectivity index (χ0n) is 12.9. The lowest BCUT2D eigenvalue weighted by Gasteiger charge is -2.13. The van der Waals surface area contributed by atoms with E-state index in [4.69, 9.17) is 14.2 Å². The molecular formula is C15H18N2O6. The van der Waals surface area contributed by atoms with E-state index in [0.717, 1.165) is 0 Å². The average Bonchev–Trinajstić information content (AvgIpc) is 2.94. The zero-order valence-corrected chi connectivity index (χ0v) is 12.9. The standard InChI is InChI=1S/C15H18N2O6/c1-9(23-14(19)5-6-16-10(2)18)15(20)17-11-3-4-12-13(7-11)22-8-21-12/h3-4,7,9H,5-6,8H2,1-2H3,(H,16,18)(H,17,20)/t9-/m0/s1. The summed E-state index contributed by atoms with van der Waals surface area (Å²) in [4.78, 5) is 34.2. The van der Waals surface area contributed by atoms with Gasteiger partial charge >= 0.3 is 5.97 Å². The Morgan fingerprint density at radius 3 is 2.74 bits per heavy atom. The summed E-state index contributed by atoms with van der Waals surface area (Å²) in [6, 6.07) is 4.98. The van der Waals surface area contributed by atoms with Crippen molar-refractivity contribution in [3.05, 3.63) is 18.2 Å². The average molecular weight is 322 g/mol. The van der Waals surface area contributed by atoms with Crippen LogP contribution in [0, 0.1) is 0 Å². The van der Waals surface area contributed by atoms with Crippen LogP contribution in [-0.4, -0.2) is 37.2 Å². The number of carbonyl (C=O) groups is 3. The minimum atomic E-state index is -0.953. The van der Waals surface area contributed by atoms with E-state index in [0.29, 0.717) is 17.2 Å². The molecule has 0 saturated carbocycles. The van der Waals surface area contributed by atoms with Crippen LogP contribution in [-0.2, 0) is 19.1 Å². The molecule has 0 unspecified atom stereocenters. The first-order valence-electron chi connectivity index (χ1n) is 7.10. The van der Waals surface area contributed by atoms with E-state index in [1.165, 1.54) is 13.8 Å². The molecule has 0 bridgehead atoms. The van der Waals surface area contributed by atoms with Crippen LogP contribution in [0.2, 0.25) is 0 Å². The molecule has 23 heavy (non-hydrogen) atoms. The van der Waals surface area contributed by atoms with Gasteiger partial charge in [0.15, 0.2) is 17.6 Å². The predicted octanol–water partition coefficient (Wildman–Crippen LogP) is 0.812. The van der Waals surface area contributed by atoms with E-state index in [1.54, 1.807) is 18.2 Å². The Kier molecular flexibility index (Phi) is 5.40. The summed E-state index contributed by atoms with van der Waals surface area (Å²) in [6.45, 7) is 3.14. The van der Waals surface area contributed by atoms with Gasteiger partial charge in [-0.1, -0.05) is 0 Å². The smallest absolute Gasteiger partial charge is 0.308 e. The van der Waals surface area contributed by atoms with Crippen molar-refractivity contribution in [2.75, 3.05) is 18.7 Å². The molecule has 0 fully saturated rings. The molecule has 1 heterocycles. The maximum atomic E-state index is 12.0. The molecule has 0 aliphatic carbocycles. The largest absolute Gasteiger partial charge is 0.454 e. The van der Waals surface area contributed by atoms with Gasteiger partial charge in [-0.25, -0.2) is 0 Å². The third-order valence-corrected chi connectivity index (χ3v) is 3.02. The highest BCUT2D eigenvalue weighted by molar-refractivity contribution is 5.95. The maximum absolute atomic E-state index is 12.0. The minimum Gasteiger partial charge on any atom is -0.454 e. The molecule has 0 saturated heterocycles. The van der Waals surface area contributed by atoms with Crippen LogP contribution in [0.15, 0.2) is 18.2 Å². The third kappa shape index (κ3) is 4.87. The van der Waals surface area contributed by atoms with Crippen LogP contribution in [0.1, 0.15) is 20.3 Å². The molecule has 1 aromatic rings. The number of anilines is 1. The van der Waals surface area contributed by atoms with Gasteiger partial charge in [0.2, 0.25) is 12.7 Å². The number of hydrogen-bond donors (Lipinski definition) is 2. The van der Waals surface area contributed by atoms with Gasteiger partial charge in [-0.15, -0.1) is 0 Å². The third-order valence-electron chi connectivity index (χ3n) is 3.02. The lowest BCUT2D eigenvalue weighted by atomic mass is 10.2. The zero-order chi connectivity index (χ0) is 16.8. The molecule has 124 valence electrons. The lowest BCUT2D eigenvalue weighted by Crippen LogP contribution is -2.31. The number of nitrogens with one attached hydrogen (secondary N) is 2. The van der Waals surface area contributed by atoms with Gasteiger partial charge in [-0.3, -0.25) is 14.4 Å². The summed E-state index contributed by atoms with van der Waals surface area (Å²) in [7, 11) is 0. The van der Waals surface area contributed by atoms with Crippen LogP contribution in [0.4, 0.5) is 5.69 Å². The maximum Gasteiger partial charge on any atom is 0.308 e. The number of fused-ring (bicyclic) bond motifs is 1. The second-order valence-electron chi connectivity index (χ2n) is 4.92. The lowest BCUT2D eigenvalue weighted by molar-refractivity contribution is -0.153. The number of esters is 1. The Balaban J connectivity index is 1.80. The second-order valence-corrected chi connectivity index (χ2v) is 4.92. The fourth-order valence-electron chi connectivity index (χ4n) is 1.87. The molecule has 2 N–H and O–H groups in total. The van der Waals surface area contributed by atoms with Crippen molar-refractivity contribution in [2.24, 2.45) is 0 Å². The molecule has 1 aliphatic rings. The fraction of sp³-hybridized carbons (Fsp3) is 0.400. The Labute approximate surface area is 133 Å². The summed E-state index contributed by atoms with van der Waals surface area (Å²) in [6.07, 6.45) is -0.952. The molecule has 0 radical (unpaired) electrons. The van der Waals surface area contributed by atoms with Crippen LogP contribution >= 0.6 is 0 Å². The van der Waals surface area contributed by atoms with Crippen molar-refractivity contribution in [2.45, 2.75) is 26.4 Å². The van der Waals surface area contributed by atoms with Gasteiger partial charge in [0.25, 0.3) is 5.91 Å². The highest BCUT2D eigenvalue weighted by Gasteiger charge is 2.19. The number of hydrogen-bond acceptors (Lipinski definition) is 6. The van der Waals surface area contributed by atoms with Gasteiger partial charge in [0.1, 0.15) is 0 Å². The van der Waals surface area contributed by atoms with Gasteiger partial charge < -0.3 is 24.8 Å². The first kappa shape index (κ1) is 16.6. The number of ether oxygens (including phenoxy) is 3. The van der Waals surface area contributed by atoms with Crippen molar-refractivity contribution in [1.29, 1.82) is 0 Å². The number of benzene rings is 1. The van der Waals surface area contributed by atoms with Crippen molar-refractivity contribution in [1.82, 2.24) is 5.32 Å². The highest BCUT2D eigenvalue weighted by Crippen LogP contribution is 2.34. The minimum absolute atomic E-state index is 0.00121. The summed E-state index contributed by atoms with van der Waals surface area (Å²) < 4.78 is 15.4. The van der Waals surface area contributed by atoms with Crippen LogP contribution < -0.4 is 20.1 Å². The highest BCUT2D eigenvalue weighted by atomic mass is 16.7. The van der Waals surface area contributed by atoms with Crippen molar-refractivity contribution in [3.8, 4) is 11.5 Å². The van der Waals surface area contributed by atoms with Crippen LogP contribution in [0.3, 0.4) is 0 Å². The molecule has 1 atom stereocenters. The van der Waals surface area contributed by atoms with Crippen molar-refractivity contribution < 1.29 is 28.6 Å². The molecule has 1 aliphatic heterocycles. The van der Waals surface area contributed by atoms with Crippen molar-refractivity contribution in [3.63, 3.8) is 0 Å². The fourth-order valence-corrected chi connectivity index (χ4v) is 1.87. The van der Waals surface area contributed by atoms with E-state index >= 15 is 0 Å². The monoisotopic (exact) mass is 322 g/mol. The van der Waals surface area contributed by atoms with E-state index in [2.05, 4.69) is 10.6 Å². The van der Waals surface area contributed by atoms with E-state index in [-0.39, 0.29) is 25.7 Å². The van der Waals surface area contributed by atoms with E-state index in [1.807, 2.05) is 0 Å². The number of rotatable bonds is 6. The normalized spacial score (nSPS) is 13.1. The summed E-state index contributed by atoms with van der Waals surface area (Å²) in [5.74, 6) is -0.0987. The Morgan fingerprint density at radius 2 is 2.00 bits per heavy atom. The van der Waals surface area contributed by atoms with Gasteiger partial charge in [0.05, 0.1) is 6.42 Å². The SMILES string of the molecule is CC(=O)NCCC(=O)O[C@@H](C)C(=O)Nc1ccc2c(c1)OCO2. The molecule has 8 nitrogen and oxygen atoms in total. The molecule has 0 spiro atoms. The molecule has 0 aromatic heterocycles. The number of carbonyl (C=O) groups excluding carboxylic acids is 3. The van der Waals surface area contributed by atoms with Crippen molar-refractivity contribution >= 4 is 23.5 Å². The Hall–Kier alpha value is -2.77. The van der Waals surface area contributed by atoms with Gasteiger partial charge in [-0.2, -0.15) is 0 Å². The van der Waals surface area contributed by atoms with Crippen LogP contribution in [0.5, 0.6) is 11.5 Å². The van der Waals surface area contributed by atoms with Crippen LogP contribution in [0.25, 0.3) is 0 Å². The van der Waals surface area contributed by atoms with E-state index < -0.39 is 18.0 Å². The molecule has 8 heteroatoms. The first-order chi connectivity index (χ1) is 11.0. The Bertz CT molecular complexity index is 616. The number of amides is 2. The molecular weight excluding hydrogens is 304 g/mol. The quantitative estimate of drug-likeness (QED) is 0.751. The first-order valence-corrected chi connectivity index (χ1v) is 7.10. The second kappa shape index (κ2) is 7.48. The predicted molar refractivity (Wildman–Crippen MR) is 80.0 cm³/mol.